The first-order valence-corrected chi connectivity index (χ1v) is 10.3. The minimum Gasteiger partial charge on any atom is -0.258 e. The summed E-state index contributed by atoms with van der Waals surface area (Å²) < 4.78 is 26.8. The normalized spacial score (nSPS) is 15.9. The summed E-state index contributed by atoms with van der Waals surface area (Å²) in [5.74, 6) is 0. The predicted molar refractivity (Wildman–Crippen MR) is 104 cm³/mol. The van der Waals surface area contributed by atoms with Gasteiger partial charge in [0.15, 0.2) is 0 Å². The van der Waals surface area contributed by atoms with E-state index in [2.05, 4.69) is 4.99 Å². The first-order chi connectivity index (χ1) is 12.9. The molecule has 0 N–H and O–H groups in total. The molecule has 0 amide bonds. The lowest BCUT2D eigenvalue weighted by Crippen LogP contribution is -2.35. The Morgan fingerprint density at radius 3 is 2.37 bits per heavy atom. The summed E-state index contributed by atoms with van der Waals surface area (Å²) in [7, 11) is -3.48. The molecule has 0 radical (unpaired) electrons. The van der Waals surface area contributed by atoms with Crippen LogP contribution >= 0.6 is 11.6 Å². The molecule has 142 valence electrons. The van der Waals surface area contributed by atoms with E-state index in [1.807, 2.05) is 0 Å². The second kappa shape index (κ2) is 8.16. The van der Waals surface area contributed by atoms with Gasteiger partial charge in [0.2, 0.25) is 10.0 Å². The van der Waals surface area contributed by atoms with Crippen molar-refractivity contribution in [3.8, 4) is 0 Å². The molecular formula is C18H18ClN3O4S. The fourth-order valence-corrected chi connectivity index (χ4v) is 4.53. The molecule has 7 nitrogen and oxygen atoms in total. The number of non-ortho nitro benzene ring substituents is 1. The molecular weight excluding hydrogens is 390 g/mol. The van der Waals surface area contributed by atoms with Crippen molar-refractivity contribution in [1.82, 2.24) is 4.31 Å². The number of hydrogen-bond donors (Lipinski definition) is 0. The number of nitro benzene ring substituents is 1. The Hall–Kier alpha value is -2.29. The molecule has 1 fully saturated rings. The number of sulfonamides is 1. The molecule has 0 saturated carbocycles. The van der Waals surface area contributed by atoms with Crippen molar-refractivity contribution in [3.05, 3.63) is 63.2 Å². The van der Waals surface area contributed by atoms with Crippen LogP contribution in [0.1, 0.15) is 24.8 Å². The Labute approximate surface area is 162 Å². The van der Waals surface area contributed by atoms with Crippen molar-refractivity contribution in [2.24, 2.45) is 4.99 Å². The molecule has 0 unspecified atom stereocenters. The lowest BCUT2D eigenvalue weighted by molar-refractivity contribution is -0.384. The van der Waals surface area contributed by atoms with E-state index >= 15 is 0 Å². The van der Waals surface area contributed by atoms with Crippen LogP contribution in [0.3, 0.4) is 0 Å². The Bertz CT molecular complexity index is 969. The number of aliphatic imine (C=N–C) groups is 1. The number of piperidine rings is 1. The van der Waals surface area contributed by atoms with E-state index in [0.29, 0.717) is 29.4 Å². The predicted octanol–water partition coefficient (Wildman–Crippen LogP) is 4.17. The number of halogens is 1. The molecule has 0 aliphatic carbocycles. The number of hydrogen-bond acceptors (Lipinski definition) is 5. The van der Waals surface area contributed by atoms with Gasteiger partial charge in [-0.05, 0) is 43.2 Å². The summed E-state index contributed by atoms with van der Waals surface area (Å²) in [6.45, 7) is 1.10. The smallest absolute Gasteiger partial charge is 0.258 e. The van der Waals surface area contributed by atoms with Crippen molar-refractivity contribution in [3.63, 3.8) is 0 Å². The van der Waals surface area contributed by atoms with Gasteiger partial charge in [-0.25, -0.2) is 8.42 Å². The second-order valence-corrected chi connectivity index (χ2v) is 8.52. The van der Waals surface area contributed by atoms with E-state index in [1.54, 1.807) is 12.1 Å². The third-order valence-corrected chi connectivity index (χ3v) is 6.59. The standard InChI is InChI=1S/C18H18ClN3O4S/c19-18-9-6-16(22(23)24)12-14(18)13-20-15-4-7-17(8-5-15)27(25,26)21-10-2-1-3-11-21/h4-9,12-13H,1-3,10-11H2. The number of nitrogens with zero attached hydrogens (tertiary/aromatic N) is 3. The number of benzene rings is 2. The maximum absolute atomic E-state index is 12.6. The van der Waals surface area contributed by atoms with Crippen LogP contribution in [0.4, 0.5) is 11.4 Å². The van der Waals surface area contributed by atoms with Gasteiger partial charge in [-0.1, -0.05) is 18.0 Å². The average molecular weight is 408 g/mol. The van der Waals surface area contributed by atoms with E-state index < -0.39 is 14.9 Å². The van der Waals surface area contributed by atoms with Crippen LogP contribution in [-0.4, -0.2) is 37.0 Å². The quantitative estimate of drug-likeness (QED) is 0.422. The van der Waals surface area contributed by atoms with E-state index in [1.165, 1.54) is 40.9 Å². The molecule has 0 bridgehead atoms. The highest BCUT2D eigenvalue weighted by Crippen LogP contribution is 2.24. The first kappa shape index (κ1) is 19.5. The lowest BCUT2D eigenvalue weighted by Gasteiger charge is -2.25. The maximum atomic E-state index is 12.6. The zero-order valence-corrected chi connectivity index (χ0v) is 16.0. The number of nitro groups is 1. The van der Waals surface area contributed by atoms with Gasteiger partial charge in [0.05, 0.1) is 15.5 Å². The first-order valence-electron chi connectivity index (χ1n) is 8.46. The topological polar surface area (TPSA) is 92.9 Å². The second-order valence-electron chi connectivity index (χ2n) is 6.18. The monoisotopic (exact) mass is 407 g/mol. The van der Waals surface area contributed by atoms with Crippen LogP contribution in [0.25, 0.3) is 0 Å². The summed E-state index contributed by atoms with van der Waals surface area (Å²) in [4.78, 5) is 14.8. The highest BCUT2D eigenvalue weighted by Gasteiger charge is 2.25. The van der Waals surface area contributed by atoms with Crippen LogP contribution in [-0.2, 0) is 10.0 Å². The van der Waals surface area contributed by atoms with Crippen molar-refractivity contribution in [1.29, 1.82) is 0 Å². The van der Waals surface area contributed by atoms with Gasteiger partial charge in [0.25, 0.3) is 5.69 Å². The van der Waals surface area contributed by atoms with Crippen LogP contribution in [0.5, 0.6) is 0 Å². The van der Waals surface area contributed by atoms with Crippen molar-refractivity contribution < 1.29 is 13.3 Å². The van der Waals surface area contributed by atoms with Crippen molar-refractivity contribution in [2.45, 2.75) is 24.2 Å². The molecule has 1 heterocycles. The molecule has 2 aromatic rings. The number of rotatable bonds is 5. The fraction of sp³-hybridized carbons (Fsp3) is 0.278. The molecule has 0 atom stereocenters. The maximum Gasteiger partial charge on any atom is 0.270 e. The van der Waals surface area contributed by atoms with Crippen LogP contribution in [0.15, 0.2) is 52.4 Å². The zero-order valence-electron chi connectivity index (χ0n) is 14.4. The summed E-state index contributed by atoms with van der Waals surface area (Å²) in [5.41, 5.74) is 0.856. The summed E-state index contributed by atoms with van der Waals surface area (Å²) in [5, 5.41) is 11.2. The largest absolute Gasteiger partial charge is 0.270 e. The molecule has 3 rings (SSSR count). The minimum absolute atomic E-state index is 0.0798. The summed E-state index contributed by atoms with van der Waals surface area (Å²) >= 11 is 6.04. The van der Waals surface area contributed by atoms with Gasteiger partial charge in [-0.2, -0.15) is 4.31 Å². The summed E-state index contributed by atoms with van der Waals surface area (Å²) in [6, 6.07) is 10.3. The van der Waals surface area contributed by atoms with Crippen molar-refractivity contribution in [2.75, 3.05) is 13.1 Å². The van der Waals surface area contributed by atoms with Gasteiger partial charge in [0, 0.05) is 42.0 Å². The van der Waals surface area contributed by atoms with Gasteiger partial charge in [-0.3, -0.25) is 15.1 Å². The van der Waals surface area contributed by atoms with E-state index in [-0.39, 0.29) is 10.6 Å². The van der Waals surface area contributed by atoms with Gasteiger partial charge < -0.3 is 0 Å². The third kappa shape index (κ3) is 4.52. The van der Waals surface area contributed by atoms with E-state index in [4.69, 9.17) is 11.6 Å². The Balaban J connectivity index is 1.79. The minimum atomic E-state index is -3.48. The van der Waals surface area contributed by atoms with Crippen molar-refractivity contribution >= 4 is 39.2 Å². The Kier molecular flexibility index (Phi) is 5.88. The third-order valence-electron chi connectivity index (χ3n) is 4.33. The lowest BCUT2D eigenvalue weighted by atomic mass is 10.2. The fourth-order valence-electron chi connectivity index (χ4n) is 2.85. The molecule has 27 heavy (non-hydrogen) atoms. The van der Waals surface area contributed by atoms with E-state index in [9.17, 15) is 18.5 Å². The highest BCUT2D eigenvalue weighted by molar-refractivity contribution is 7.89. The molecule has 0 spiro atoms. The molecule has 1 aliphatic rings. The van der Waals surface area contributed by atoms with Gasteiger partial charge in [-0.15, -0.1) is 0 Å². The Morgan fingerprint density at radius 2 is 1.74 bits per heavy atom. The average Bonchev–Trinajstić information content (AvgIpc) is 2.68. The molecule has 9 heteroatoms. The van der Waals surface area contributed by atoms with Crippen LogP contribution in [0.2, 0.25) is 5.02 Å². The molecule has 1 saturated heterocycles. The van der Waals surface area contributed by atoms with Crippen LogP contribution < -0.4 is 0 Å². The molecule has 1 aliphatic heterocycles. The highest BCUT2D eigenvalue weighted by atomic mass is 35.5. The van der Waals surface area contributed by atoms with Gasteiger partial charge in [0.1, 0.15) is 0 Å². The zero-order chi connectivity index (χ0) is 19.4. The molecule has 0 aromatic heterocycles. The Morgan fingerprint density at radius 1 is 1.07 bits per heavy atom. The van der Waals surface area contributed by atoms with Crippen LogP contribution in [0, 0.1) is 10.1 Å². The van der Waals surface area contributed by atoms with E-state index in [0.717, 1.165) is 19.3 Å². The summed E-state index contributed by atoms with van der Waals surface area (Å²) in [6.07, 6.45) is 4.24. The van der Waals surface area contributed by atoms with Gasteiger partial charge >= 0.3 is 0 Å². The SMILES string of the molecule is O=[N+]([O-])c1ccc(Cl)c(C=Nc2ccc(S(=O)(=O)N3CCCCC3)cc2)c1. The molecule has 2 aromatic carbocycles.